The highest BCUT2D eigenvalue weighted by Gasteiger charge is 2.36. The second-order valence-corrected chi connectivity index (χ2v) is 5.58. The Morgan fingerprint density at radius 1 is 1.24 bits per heavy atom. The summed E-state index contributed by atoms with van der Waals surface area (Å²) < 4.78 is 1.69. The van der Waals surface area contributed by atoms with Gasteiger partial charge in [-0.1, -0.05) is 12.1 Å². The van der Waals surface area contributed by atoms with Crippen molar-refractivity contribution in [2.75, 3.05) is 10.6 Å². The van der Waals surface area contributed by atoms with Gasteiger partial charge in [0.1, 0.15) is 12.1 Å². The number of nitrogens with one attached hydrogen (secondary N) is 3. The van der Waals surface area contributed by atoms with Gasteiger partial charge in [0, 0.05) is 24.0 Å². The number of anilines is 2. The van der Waals surface area contributed by atoms with Crippen LogP contribution in [0.1, 0.15) is 18.7 Å². The van der Waals surface area contributed by atoms with E-state index in [1.807, 2.05) is 37.4 Å². The van der Waals surface area contributed by atoms with Gasteiger partial charge in [-0.15, -0.1) is 0 Å². The molecule has 0 spiro atoms. The first-order valence-electron chi connectivity index (χ1n) is 7.80. The molecule has 8 heteroatoms. The SMILES string of the molecule is CC1=C(C(=O)Nc2ccccn2)C(c2cccc[nH+]2)n2ncnc2N1. The van der Waals surface area contributed by atoms with E-state index in [-0.39, 0.29) is 5.91 Å². The highest BCUT2D eigenvalue weighted by molar-refractivity contribution is 6.05. The lowest BCUT2D eigenvalue weighted by Gasteiger charge is -2.25. The molecule has 8 nitrogen and oxygen atoms in total. The number of fused-ring (bicyclic) bond motifs is 1. The number of allylic oxidation sites excluding steroid dienone is 1. The molecule has 124 valence electrons. The van der Waals surface area contributed by atoms with Crippen molar-refractivity contribution in [2.45, 2.75) is 13.0 Å². The Morgan fingerprint density at radius 3 is 2.88 bits per heavy atom. The first-order valence-corrected chi connectivity index (χ1v) is 7.80. The van der Waals surface area contributed by atoms with Gasteiger partial charge < -0.3 is 10.6 Å². The minimum atomic E-state index is -0.413. The molecule has 3 aromatic rings. The summed E-state index contributed by atoms with van der Waals surface area (Å²) in [6, 6.07) is 10.7. The lowest BCUT2D eigenvalue weighted by atomic mass is 9.99. The fourth-order valence-corrected chi connectivity index (χ4v) is 2.87. The molecule has 3 aromatic heterocycles. The Hall–Kier alpha value is -3.55. The number of hydrogen-bond donors (Lipinski definition) is 2. The van der Waals surface area contributed by atoms with Crippen LogP contribution >= 0.6 is 0 Å². The molecule has 0 aromatic carbocycles. The molecule has 1 aliphatic rings. The first kappa shape index (κ1) is 15.0. The van der Waals surface area contributed by atoms with Crippen molar-refractivity contribution in [3.05, 3.63) is 72.1 Å². The van der Waals surface area contributed by atoms with Crippen LogP contribution < -0.4 is 15.6 Å². The van der Waals surface area contributed by atoms with E-state index >= 15 is 0 Å². The van der Waals surface area contributed by atoms with Crippen molar-refractivity contribution in [2.24, 2.45) is 0 Å². The zero-order valence-corrected chi connectivity index (χ0v) is 13.5. The molecule has 1 atom stereocenters. The number of carbonyl (C=O) groups excluding carboxylic acids is 1. The monoisotopic (exact) mass is 334 g/mol. The number of pyridine rings is 2. The van der Waals surface area contributed by atoms with Crippen molar-refractivity contribution >= 4 is 17.7 Å². The normalized spacial score (nSPS) is 16.1. The quantitative estimate of drug-likeness (QED) is 0.754. The third kappa shape index (κ3) is 2.74. The molecule has 0 fully saturated rings. The molecule has 1 amide bonds. The molecule has 0 bridgehead atoms. The number of hydrogen-bond acceptors (Lipinski definition) is 5. The van der Waals surface area contributed by atoms with Crippen LogP contribution in [0.25, 0.3) is 0 Å². The van der Waals surface area contributed by atoms with E-state index in [9.17, 15) is 4.79 Å². The lowest BCUT2D eigenvalue weighted by molar-refractivity contribution is -0.393. The molecule has 4 rings (SSSR count). The standard InChI is InChI=1S/C17H15N7O/c1-11-14(16(25)23-13-7-3-5-9-19-13)15(12-6-2-4-8-18-12)24-17(22-11)20-10-21-24/h2-10,15H,1H3,(H,19,23,25)(H,20,21,22)/p+1. The van der Waals surface area contributed by atoms with Crippen LogP contribution in [0.15, 0.2) is 66.4 Å². The highest BCUT2D eigenvalue weighted by Crippen LogP contribution is 2.33. The minimum absolute atomic E-state index is 0.243. The van der Waals surface area contributed by atoms with Crippen molar-refractivity contribution in [1.82, 2.24) is 19.7 Å². The average molecular weight is 334 g/mol. The summed E-state index contributed by atoms with van der Waals surface area (Å²) in [6.45, 7) is 1.85. The fraction of sp³-hybridized carbons (Fsp3) is 0.118. The number of aromatic amines is 1. The molecular weight excluding hydrogens is 318 g/mol. The minimum Gasteiger partial charge on any atom is -0.328 e. The topological polar surface area (TPSA) is 98.9 Å². The molecular formula is C17H16N7O+. The molecule has 0 radical (unpaired) electrons. The molecule has 4 heterocycles. The predicted molar refractivity (Wildman–Crippen MR) is 90.3 cm³/mol. The molecule has 0 saturated heterocycles. The van der Waals surface area contributed by atoms with Gasteiger partial charge in [-0.2, -0.15) is 10.1 Å². The lowest BCUT2D eigenvalue weighted by Crippen LogP contribution is -2.34. The second kappa shape index (κ2) is 6.16. The van der Waals surface area contributed by atoms with Gasteiger partial charge in [0.25, 0.3) is 5.91 Å². The summed E-state index contributed by atoms with van der Waals surface area (Å²) >= 11 is 0. The second-order valence-electron chi connectivity index (χ2n) is 5.58. The van der Waals surface area contributed by atoms with Gasteiger partial charge >= 0.3 is 0 Å². The van der Waals surface area contributed by atoms with Crippen LogP contribution in [0.5, 0.6) is 0 Å². The Bertz CT molecular complexity index is 934. The highest BCUT2D eigenvalue weighted by atomic mass is 16.1. The number of nitrogens with zero attached hydrogens (tertiary/aromatic N) is 4. The van der Waals surface area contributed by atoms with Crippen LogP contribution in [0.2, 0.25) is 0 Å². The van der Waals surface area contributed by atoms with Gasteiger partial charge in [-0.25, -0.2) is 14.6 Å². The Labute approximate surface area is 143 Å². The maximum absolute atomic E-state index is 13.0. The van der Waals surface area contributed by atoms with Crippen molar-refractivity contribution < 1.29 is 9.78 Å². The van der Waals surface area contributed by atoms with Crippen LogP contribution in [-0.2, 0) is 4.79 Å². The van der Waals surface area contributed by atoms with Crippen molar-refractivity contribution in [1.29, 1.82) is 0 Å². The van der Waals surface area contributed by atoms with E-state index in [0.29, 0.717) is 17.3 Å². The number of amides is 1. The van der Waals surface area contributed by atoms with E-state index in [1.54, 1.807) is 23.0 Å². The summed E-state index contributed by atoms with van der Waals surface area (Å²) in [6.07, 6.45) is 4.91. The van der Waals surface area contributed by atoms with Gasteiger partial charge in [-0.05, 0) is 19.1 Å². The van der Waals surface area contributed by atoms with Crippen LogP contribution in [0.4, 0.5) is 11.8 Å². The van der Waals surface area contributed by atoms with Crippen LogP contribution in [0.3, 0.4) is 0 Å². The van der Waals surface area contributed by atoms with Crippen LogP contribution in [0, 0.1) is 0 Å². The summed E-state index contributed by atoms with van der Waals surface area (Å²) in [5, 5.41) is 10.3. The fourth-order valence-electron chi connectivity index (χ4n) is 2.87. The molecule has 1 aliphatic heterocycles. The van der Waals surface area contributed by atoms with E-state index in [1.165, 1.54) is 6.33 Å². The summed E-state index contributed by atoms with van der Waals surface area (Å²) in [5.74, 6) is 0.842. The summed E-state index contributed by atoms with van der Waals surface area (Å²) in [4.78, 5) is 24.5. The number of carbonyl (C=O) groups is 1. The van der Waals surface area contributed by atoms with Gasteiger partial charge in [-0.3, -0.25) is 4.79 Å². The van der Waals surface area contributed by atoms with E-state index < -0.39 is 6.04 Å². The maximum atomic E-state index is 13.0. The van der Waals surface area contributed by atoms with Gasteiger partial charge in [0.15, 0.2) is 12.2 Å². The first-order chi connectivity index (χ1) is 12.2. The number of aromatic nitrogens is 5. The Kier molecular flexibility index (Phi) is 3.70. The third-order valence-electron chi connectivity index (χ3n) is 3.97. The smallest absolute Gasteiger partial charge is 0.257 e. The van der Waals surface area contributed by atoms with E-state index in [2.05, 4.69) is 30.7 Å². The largest absolute Gasteiger partial charge is 0.328 e. The average Bonchev–Trinajstić information content (AvgIpc) is 3.10. The van der Waals surface area contributed by atoms with Crippen molar-refractivity contribution in [3.63, 3.8) is 0 Å². The van der Waals surface area contributed by atoms with Crippen molar-refractivity contribution in [3.8, 4) is 0 Å². The van der Waals surface area contributed by atoms with Gasteiger partial charge in [0.05, 0.1) is 5.57 Å². The molecule has 25 heavy (non-hydrogen) atoms. The summed E-state index contributed by atoms with van der Waals surface area (Å²) in [5.41, 5.74) is 2.10. The molecule has 0 aliphatic carbocycles. The molecule has 0 saturated carbocycles. The van der Waals surface area contributed by atoms with Crippen LogP contribution in [-0.4, -0.2) is 25.7 Å². The number of rotatable bonds is 3. The zero-order valence-electron chi connectivity index (χ0n) is 13.5. The Balaban J connectivity index is 1.77. The summed E-state index contributed by atoms with van der Waals surface area (Å²) in [7, 11) is 0. The molecule has 3 N–H and O–H groups in total. The zero-order chi connectivity index (χ0) is 17.2. The predicted octanol–water partition coefficient (Wildman–Crippen LogP) is 1.41. The van der Waals surface area contributed by atoms with E-state index in [0.717, 1.165) is 11.4 Å². The van der Waals surface area contributed by atoms with E-state index in [4.69, 9.17) is 0 Å². The Morgan fingerprint density at radius 2 is 2.12 bits per heavy atom. The molecule has 1 unspecified atom stereocenters. The number of H-pyrrole nitrogens is 1. The third-order valence-corrected chi connectivity index (χ3v) is 3.97. The van der Waals surface area contributed by atoms with Gasteiger partial charge in [0.2, 0.25) is 11.6 Å². The maximum Gasteiger partial charge on any atom is 0.257 e.